The quantitative estimate of drug-likeness (QED) is 0.822. The predicted octanol–water partition coefficient (Wildman–Crippen LogP) is 3.72. The van der Waals surface area contributed by atoms with E-state index >= 15 is 0 Å². The maximum atomic E-state index is 12.2. The van der Waals surface area contributed by atoms with Crippen LogP contribution in [0.5, 0.6) is 0 Å². The van der Waals surface area contributed by atoms with Gasteiger partial charge in [0.1, 0.15) is 0 Å². The molecule has 0 aromatic carbocycles. The summed E-state index contributed by atoms with van der Waals surface area (Å²) in [5.74, 6) is -0.000848. The first-order valence-electron chi connectivity index (χ1n) is 8.86. The minimum Gasteiger partial charge on any atom is -0.330 e. The van der Waals surface area contributed by atoms with Crippen molar-refractivity contribution >= 4 is 11.8 Å². The molecule has 0 heterocycles. The zero-order valence-electron chi connectivity index (χ0n) is 14.6. The molecule has 0 fully saturated rings. The molecule has 0 spiro atoms. The van der Waals surface area contributed by atoms with Gasteiger partial charge in [0.05, 0.1) is 0 Å². The summed E-state index contributed by atoms with van der Waals surface area (Å²) in [5.41, 5.74) is 5.44. The van der Waals surface area contributed by atoms with Gasteiger partial charge in [-0.25, -0.2) is 0 Å². The first kappa shape index (κ1) is 17.2. The third-order valence-electron chi connectivity index (χ3n) is 4.63. The van der Waals surface area contributed by atoms with Gasteiger partial charge in [-0.3, -0.25) is 9.59 Å². The third kappa shape index (κ3) is 4.69. The van der Waals surface area contributed by atoms with E-state index in [9.17, 15) is 9.59 Å². The topological polar surface area (TPSA) is 58.2 Å². The lowest BCUT2D eigenvalue weighted by Crippen LogP contribution is -2.25. The minimum atomic E-state index is -0.0214. The van der Waals surface area contributed by atoms with E-state index in [0.29, 0.717) is 0 Å². The second-order valence-electron chi connectivity index (χ2n) is 6.56. The summed E-state index contributed by atoms with van der Waals surface area (Å²) in [6.45, 7) is 1.53. The molecule has 2 amide bonds. The summed E-state index contributed by atoms with van der Waals surface area (Å²) >= 11 is 0. The van der Waals surface area contributed by atoms with Crippen molar-refractivity contribution in [3.63, 3.8) is 0 Å². The highest BCUT2D eigenvalue weighted by Crippen LogP contribution is 2.29. The Morgan fingerprint density at radius 3 is 1.92 bits per heavy atom. The summed E-state index contributed by atoms with van der Waals surface area (Å²) in [7, 11) is 0. The Morgan fingerprint density at radius 2 is 1.44 bits per heavy atom. The molecular weight excluding hydrogens is 312 g/mol. The molecule has 3 aliphatic carbocycles. The molecule has 0 radical (unpaired) electrons. The number of carbonyl (C=O) groups is 2. The summed E-state index contributed by atoms with van der Waals surface area (Å²) < 4.78 is 0. The number of nitrogens with one attached hydrogen (secondary N) is 2. The number of amides is 2. The smallest absolute Gasteiger partial charge is 0.251 e. The van der Waals surface area contributed by atoms with Gasteiger partial charge in [-0.1, -0.05) is 30.4 Å². The van der Waals surface area contributed by atoms with E-state index < -0.39 is 0 Å². The molecule has 0 aromatic heterocycles. The van der Waals surface area contributed by atoms with E-state index in [1.165, 1.54) is 18.1 Å². The highest BCUT2D eigenvalue weighted by Gasteiger charge is 2.16. The summed E-state index contributed by atoms with van der Waals surface area (Å²) in [5, 5.41) is 5.89. The van der Waals surface area contributed by atoms with Crippen LogP contribution in [0.4, 0.5) is 0 Å². The molecule has 2 N–H and O–H groups in total. The minimum absolute atomic E-state index is 0.0206. The molecule has 0 saturated heterocycles. The molecule has 3 aliphatic rings. The van der Waals surface area contributed by atoms with Crippen molar-refractivity contribution in [1.29, 1.82) is 0 Å². The van der Waals surface area contributed by atoms with Gasteiger partial charge in [-0.15, -0.1) is 0 Å². The van der Waals surface area contributed by atoms with Crippen molar-refractivity contribution in [1.82, 2.24) is 10.6 Å². The summed E-state index contributed by atoms with van der Waals surface area (Å²) in [4.78, 5) is 23.3. The Bertz CT molecular complexity index is 761. The van der Waals surface area contributed by atoms with E-state index in [-0.39, 0.29) is 11.8 Å². The Morgan fingerprint density at radius 1 is 0.800 bits per heavy atom. The molecule has 25 heavy (non-hydrogen) atoms. The van der Waals surface area contributed by atoms with Crippen LogP contribution in [-0.4, -0.2) is 11.8 Å². The van der Waals surface area contributed by atoms with Crippen LogP contribution < -0.4 is 10.6 Å². The SMILES string of the molecule is CC(=O)NC1=CC=C(C2=CC=C(NC(=O)C3=CC=CCC3)CC2)CC1. The van der Waals surface area contributed by atoms with Crippen LogP contribution in [0.3, 0.4) is 0 Å². The molecule has 0 saturated carbocycles. The second kappa shape index (κ2) is 7.97. The molecule has 3 rings (SSSR count). The van der Waals surface area contributed by atoms with Crippen LogP contribution in [0.2, 0.25) is 0 Å². The highest BCUT2D eigenvalue weighted by molar-refractivity contribution is 5.95. The fourth-order valence-electron chi connectivity index (χ4n) is 3.26. The zero-order chi connectivity index (χ0) is 17.6. The third-order valence-corrected chi connectivity index (χ3v) is 4.63. The number of carbonyl (C=O) groups excluding carboxylic acids is 2. The first-order chi connectivity index (χ1) is 12.1. The van der Waals surface area contributed by atoms with Gasteiger partial charge in [0.15, 0.2) is 0 Å². The number of rotatable bonds is 4. The molecule has 0 unspecified atom stereocenters. The number of hydrogen-bond acceptors (Lipinski definition) is 2. The molecule has 0 aliphatic heterocycles. The van der Waals surface area contributed by atoms with Gasteiger partial charge in [-0.2, -0.15) is 0 Å². The van der Waals surface area contributed by atoms with Crippen molar-refractivity contribution in [3.8, 4) is 0 Å². The maximum Gasteiger partial charge on any atom is 0.251 e. The van der Waals surface area contributed by atoms with Gasteiger partial charge >= 0.3 is 0 Å². The summed E-state index contributed by atoms with van der Waals surface area (Å²) in [6, 6.07) is 0. The molecule has 0 atom stereocenters. The molecule has 0 aromatic rings. The monoisotopic (exact) mass is 336 g/mol. The molecule has 130 valence electrons. The van der Waals surface area contributed by atoms with Gasteiger partial charge in [0.25, 0.3) is 5.91 Å². The zero-order valence-corrected chi connectivity index (χ0v) is 14.6. The number of hydrogen-bond donors (Lipinski definition) is 2. The van der Waals surface area contributed by atoms with Crippen molar-refractivity contribution in [3.05, 3.63) is 70.6 Å². The molecule has 4 nitrogen and oxygen atoms in total. The second-order valence-corrected chi connectivity index (χ2v) is 6.56. The van der Waals surface area contributed by atoms with E-state index in [4.69, 9.17) is 0 Å². The Kier molecular flexibility index (Phi) is 5.49. The van der Waals surface area contributed by atoms with Gasteiger partial charge in [0.2, 0.25) is 5.91 Å². The lowest BCUT2D eigenvalue weighted by Gasteiger charge is -2.21. The largest absolute Gasteiger partial charge is 0.330 e. The normalized spacial score (nSPS) is 19.8. The molecule has 4 heteroatoms. The fraction of sp³-hybridized carbons (Fsp3) is 0.333. The summed E-state index contributed by atoms with van der Waals surface area (Å²) in [6.07, 6.45) is 19.5. The molecule has 0 bridgehead atoms. The van der Waals surface area contributed by atoms with E-state index in [1.54, 1.807) is 0 Å². The van der Waals surface area contributed by atoms with Crippen LogP contribution in [0.25, 0.3) is 0 Å². The van der Waals surface area contributed by atoms with Crippen LogP contribution >= 0.6 is 0 Å². The standard InChI is InChI=1S/C21H24N2O2/c1-15(24)22-19-11-7-16(8-12-19)17-9-13-20(14-10-17)23-21(25)18-5-3-2-4-6-18/h2-3,5,7,9,11,13H,4,6,8,10,12,14H2,1H3,(H,22,24)(H,23,25). The van der Waals surface area contributed by atoms with Crippen molar-refractivity contribution in [2.75, 3.05) is 0 Å². The maximum absolute atomic E-state index is 12.2. The van der Waals surface area contributed by atoms with Crippen LogP contribution in [0.15, 0.2) is 70.6 Å². The van der Waals surface area contributed by atoms with E-state index in [0.717, 1.165) is 55.5 Å². The van der Waals surface area contributed by atoms with Crippen LogP contribution in [0.1, 0.15) is 45.4 Å². The Hall–Kier alpha value is -2.62. The fourth-order valence-corrected chi connectivity index (χ4v) is 3.26. The van der Waals surface area contributed by atoms with E-state index in [2.05, 4.69) is 28.9 Å². The van der Waals surface area contributed by atoms with Gasteiger partial charge < -0.3 is 10.6 Å². The van der Waals surface area contributed by atoms with Crippen LogP contribution in [-0.2, 0) is 9.59 Å². The van der Waals surface area contributed by atoms with Crippen molar-refractivity contribution in [2.45, 2.75) is 45.4 Å². The van der Waals surface area contributed by atoms with Crippen LogP contribution in [0, 0.1) is 0 Å². The Balaban J connectivity index is 1.61. The van der Waals surface area contributed by atoms with Crippen molar-refractivity contribution < 1.29 is 9.59 Å². The average molecular weight is 336 g/mol. The molecular formula is C21H24N2O2. The van der Waals surface area contributed by atoms with Crippen molar-refractivity contribution in [2.24, 2.45) is 0 Å². The Labute approximate surface area is 148 Å². The highest BCUT2D eigenvalue weighted by atomic mass is 16.2. The van der Waals surface area contributed by atoms with E-state index in [1.807, 2.05) is 24.3 Å². The van der Waals surface area contributed by atoms with Gasteiger partial charge in [0, 0.05) is 23.9 Å². The lowest BCUT2D eigenvalue weighted by molar-refractivity contribution is -0.118. The first-order valence-corrected chi connectivity index (χ1v) is 8.86. The van der Waals surface area contributed by atoms with Gasteiger partial charge in [-0.05, 0) is 61.8 Å². The average Bonchev–Trinajstić information content (AvgIpc) is 2.63. The predicted molar refractivity (Wildman–Crippen MR) is 99.2 cm³/mol. The number of allylic oxidation sites excluding steroid dienone is 11. The lowest BCUT2D eigenvalue weighted by atomic mass is 9.90.